The molecule has 0 radical (unpaired) electrons. The molecule has 0 aliphatic carbocycles. The number of carbonyl (C=O) groups is 1. The van der Waals surface area contributed by atoms with Gasteiger partial charge in [0.25, 0.3) is 11.8 Å². The Bertz CT molecular complexity index is 1790. The highest BCUT2D eigenvalue weighted by molar-refractivity contribution is 6.30. The molecule has 1 saturated heterocycles. The van der Waals surface area contributed by atoms with E-state index < -0.39 is 30.1 Å². The second-order valence-corrected chi connectivity index (χ2v) is 10.5. The summed E-state index contributed by atoms with van der Waals surface area (Å²) >= 11 is 6.00. The smallest absolute Gasteiger partial charge is 0.269 e. The fourth-order valence-corrected chi connectivity index (χ4v) is 5.07. The van der Waals surface area contributed by atoms with Gasteiger partial charge < -0.3 is 14.8 Å². The Kier molecular flexibility index (Phi) is 6.96. The lowest BCUT2D eigenvalue weighted by Crippen LogP contribution is -2.27. The molecule has 5 heterocycles. The second kappa shape index (κ2) is 10.6. The van der Waals surface area contributed by atoms with E-state index in [4.69, 9.17) is 11.6 Å². The van der Waals surface area contributed by atoms with Crippen molar-refractivity contribution in [3.8, 4) is 5.69 Å². The molecule has 216 valence electrons. The summed E-state index contributed by atoms with van der Waals surface area (Å²) in [6.07, 6.45) is 7.39. The Morgan fingerprint density at radius 3 is 2.79 bits per heavy atom. The van der Waals surface area contributed by atoms with Gasteiger partial charge in [0.1, 0.15) is 24.1 Å². The van der Waals surface area contributed by atoms with E-state index in [9.17, 15) is 18.0 Å². The van der Waals surface area contributed by atoms with Gasteiger partial charge in [0, 0.05) is 54.4 Å². The fourth-order valence-electron chi connectivity index (χ4n) is 4.89. The molecule has 12 nitrogen and oxygen atoms in total. The normalized spacial score (nSPS) is 16.3. The number of alkyl halides is 2. The van der Waals surface area contributed by atoms with Gasteiger partial charge in [-0.3, -0.25) is 4.79 Å². The third kappa shape index (κ3) is 5.00. The van der Waals surface area contributed by atoms with Crippen molar-refractivity contribution in [1.29, 1.82) is 0 Å². The average molecular weight is 598 g/mol. The van der Waals surface area contributed by atoms with Crippen molar-refractivity contribution in [2.75, 3.05) is 18.0 Å². The third-order valence-corrected chi connectivity index (χ3v) is 7.58. The first-order chi connectivity index (χ1) is 20.1. The molecule has 1 atom stereocenters. The molecule has 1 fully saturated rings. The first kappa shape index (κ1) is 27.5. The fraction of sp³-hybridized carbons (Fsp3) is 0.308. The molecule has 1 aliphatic rings. The van der Waals surface area contributed by atoms with Crippen LogP contribution in [0.2, 0.25) is 5.02 Å². The van der Waals surface area contributed by atoms with Crippen molar-refractivity contribution in [1.82, 2.24) is 50.0 Å². The lowest BCUT2D eigenvalue weighted by molar-refractivity contribution is -0.0138. The number of halogens is 4. The van der Waals surface area contributed by atoms with E-state index in [-0.39, 0.29) is 41.7 Å². The van der Waals surface area contributed by atoms with Gasteiger partial charge in [0.05, 0.1) is 34.7 Å². The highest BCUT2D eigenvalue weighted by atomic mass is 35.5. The van der Waals surface area contributed by atoms with E-state index in [0.717, 1.165) is 0 Å². The Balaban J connectivity index is 1.25. The Morgan fingerprint density at radius 1 is 1.24 bits per heavy atom. The Labute approximate surface area is 241 Å². The largest absolute Gasteiger partial charge is 0.348 e. The molecule has 0 bridgehead atoms. The Morgan fingerprint density at radius 2 is 2.07 bits per heavy atom. The molecule has 6 rings (SSSR count). The van der Waals surface area contributed by atoms with Crippen molar-refractivity contribution in [3.05, 3.63) is 76.6 Å². The number of benzene rings is 1. The Hall–Kier alpha value is -4.66. The van der Waals surface area contributed by atoms with Crippen molar-refractivity contribution in [3.63, 3.8) is 0 Å². The van der Waals surface area contributed by atoms with Gasteiger partial charge in [0.2, 0.25) is 5.95 Å². The molecular formula is C26H23ClF3N11O. The number of rotatable bonds is 7. The number of anilines is 1. The van der Waals surface area contributed by atoms with Crippen LogP contribution in [0, 0.1) is 18.7 Å². The predicted octanol–water partition coefficient (Wildman–Crippen LogP) is 3.37. The third-order valence-electron chi connectivity index (χ3n) is 7.28. The van der Waals surface area contributed by atoms with Crippen LogP contribution in [0.1, 0.15) is 34.1 Å². The molecule has 4 aromatic heterocycles. The van der Waals surface area contributed by atoms with Crippen molar-refractivity contribution in [2.24, 2.45) is 5.92 Å². The van der Waals surface area contributed by atoms with Gasteiger partial charge in [-0.2, -0.15) is 0 Å². The lowest BCUT2D eigenvalue weighted by Gasteiger charge is -2.17. The highest BCUT2D eigenvalue weighted by Crippen LogP contribution is 2.34. The lowest BCUT2D eigenvalue weighted by atomic mass is 10.1. The zero-order valence-corrected chi connectivity index (χ0v) is 23.1. The number of nitrogens with one attached hydrogen (secondary N) is 1. The van der Waals surface area contributed by atoms with Gasteiger partial charge in [-0.25, -0.2) is 37.8 Å². The SMILES string of the molecule is Cc1nc(N2CC(C)C(F)(F)C2)ncc1Cn1cc(C(=O)NCc2c(-n3cnnn3)ccc(Cl)c2F)c2cncnc21. The van der Waals surface area contributed by atoms with Gasteiger partial charge >= 0.3 is 0 Å². The first-order valence-electron chi connectivity index (χ1n) is 12.8. The van der Waals surface area contributed by atoms with Crippen molar-refractivity contribution in [2.45, 2.75) is 32.9 Å². The summed E-state index contributed by atoms with van der Waals surface area (Å²) in [7, 11) is 0. The summed E-state index contributed by atoms with van der Waals surface area (Å²) in [4.78, 5) is 32.1. The zero-order chi connectivity index (χ0) is 29.6. The summed E-state index contributed by atoms with van der Waals surface area (Å²) in [5.41, 5.74) is 2.49. The number of aryl methyl sites for hydroxylation is 1. The molecule has 1 aromatic carbocycles. The van der Waals surface area contributed by atoms with Gasteiger partial charge in [0.15, 0.2) is 0 Å². The van der Waals surface area contributed by atoms with Gasteiger partial charge in [-0.15, -0.1) is 5.10 Å². The summed E-state index contributed by atoms with van der Waals surface area (Å²) in [6, 6.07) is 2.93. The van der Waals surface area contributed by atoms with Crippen LogP contribution in [-0.2, 0) is 13.1 Å². The van der Waals surface area contributed by atoms with Gasteiger partial charge in [-0.1, -0.05) is 18.5 Å². The van der Waals surface area contributed by atoms with Crippen LogP contribution in [-0.4, -0.2) is 69.6 Å². The van der Waals surface area contributed by atoms with Crippen LogP contribution in [0.3, 0.4) is 0 Å². The molecule has 0 spiro atoms. The maximum absolute atomic E-state index is 15.0. The van der Waals surface area contributed by atoms with Crippen molar-refractivity contribution < 1.29 is 18.0 Å². The van der Waals surface area contributed by atoms with E-state index in [0.29, 0.717) is 28.0 Å². The zero-order valence-electron chi connectivity index (χ0n) is 22.3. The minimum atomic E-state index is -2.80. The molecule has 5 aromatic rings. The number of fused-ring (bicyclic) bond motifs is 1. The topological polar surface area (TPSA) is 132 Å². The quantitative estimate of drug-likeness (QED) is 0.300. The number of tetrazole rings is 1. The van der Waals surface area contributed by atoms with Crippen LogP contribution < -0.4 is 10.2 Å². The number of hydrogen-bond donors (Lipinski definition) is 1. The van der Waals surface area contributed by atoms with E-state index in [1.54, 1.807) is 30.0 Å². The minimum absolute atomic E-state index is 0.0983. The number of carbonyl (C=O) groups excluding carboxylic acids is 1. The van der Waals surface area contributed by atoms with Crippen LogP contribution in [0.25, 0.3) is 16.7 Å². The molecule has 0 saturated carbocycles. The molecule has 1 aliphatic heterocycles. The first-order valence-corrected chi connectivity index (χ1v) is 13.2. The maximum atomic E-state index is 15.0. The van der Waals surface area contributed by atoms with E-state index >= 15 is 0 Å². The summed E-state index contributed by atoms with van der Waals surface area (Å²) in [5.74, 6) is -4.55. The summed E-state index contributed by atoms with van der Waals surface area (Å²) in [5, 5.41) is 14.1. The number of nitrogens with zero attached hydrogens (tertiary/aromatic N) is 10. The van der Waals surface area contributed by atoms with Crippen LogP contribution in [0.15, 0.2) is 43.4 Å². The monoisotopic (exact) mass is 597 g/mol. The molecule has 16 heteroatoms. The highest BCUT2D eigenvalue weighted by Gasteiger charge is 2.46. The van der Waals surface area contributed by atoms with Crippen LogP contribution >= 0.6 is 11.6 Å². The number of aromatic nitrogens is 9. The molecule has 1 N–H and O–H groups in total. The van der Waals surface area contributed by atoms with Crippen molar-refractivity contribution >= 4 is 34.5 Å². The minimum Gasteiger partial charge on any atom is -0.348 e. The molecule has 1 unspecified atom stereocenters. The van der Waals surface area contributed by atoms with E-state index in [1.165, 1.54) is 41.4 Å². The predicted molar refractivity (Wildman–Crippen MR) is 145 cm³/mol. The van der Waals surface area contributed by atoms with Gasteiger partial charge in [-0.05, 0) is 29.5 Å². The van der Waals surface area contributed by atoms with Crippen LogP contribution in [0.4, 0.5) is 19.1 Å². The molecular weight excluding hydrogens is 575 g/mol. The number of amides is 1. The van der Waals surface area contributed by atoms with Crippen LogP contribution in [0.5, 0.6) is 0 Å². The average Bonchev–Trinajstić information content (AvgIpc) is 3.69. The van der Waals surface area contributed by atoms with E-state index in [1.807, 2.05) is 0 Å². The molecule has 42 heavy (non-hydrogen) atoms. The summed E-state index contributed by atoms with van der Waals surface area (Å²) in [6.45, 7) is 3.07. The number of hydrogen-bond acceptors (Lipinski definition) is 9. The van der Waals surface area contributed by atoms with E-state index in [2.05, 4.69) is 40.8 Å². The standard InChI is InChI=1S/C26H23ClF3N11O/c1-14-8-40(11-26(14,29)30)25-33-5-16(15(2)36-25)9-39-10-19(17-6-31-12-34-23(17)39)24(42)32-7-18-21(41-13-35-37-38-41)4-3-20(27)22(18)28/h3-6,10,12-14H,7-9,11H2,1-2H3,(H,32,42). The maximum Gasteiger partial charge on any atom is 0.269 e. The second-order valence-electron chi connectivity index (χ2n) is 10.1. The summed E-state index contributed by atoms with van der Waals surface area (Å²) < 4.78 is 46.1. The molecule has 1 amide bonds.